The van der Waals surface area contributed by atoms with E-state index in [0.29, 0.717) is 23.3 Å². The van der Waals surface area contributed by atoms with Crippen molar-refractivity contribution in [3.63, 3.8) is 0 Å². The average molecular weight is 380 g/mol. The van der Waals surface area contributed by atoms with E-state index in [1.165, 1.54) is 0 Å². The number of hydrogen-bond donors (Lipinski definition) is 1. The molecule has 2 aromatic carbocycles. The topological polar surface area (TPSA) is 29.1 Å². The van der Waals surface area contributed by atoms with E-state index in [1.54, 1.807) is 36.4 Å². The van der Waals surface area contributed by atoms with Crippen molar-refractivity contribution >= 4 is 34.8 Å². The van der Waals surface area contributed by atoms with Crippen molar-refractivity contribution in [2.24, 2.45) is 5.92 Å². The SMILES string of the molecule is O=C(C[C@H]1CC[C@H](c2ccc(Cl)c(F)c2)CC1)Nc1ccc(Cl)cc1. The molecule has 132 valence electrons. The first-order valence-electron chi connectivity index (χ1n) is 8.51. The normalized spacial score (nSPS) is 20.3. The fraction of sp³-hybridized carbons (Fsp3) is 0.350. The van der Waals surface area contributed by atoms with Gasteiger partial charge in [-0.1, -0.05) is 29.3 Å². The maximum absolute atomic E-state index is 13.6. The molecule has 0 radical (unpaired) electrons. The van der Waals surface area contributed by atoms with Gasteiger partial charge in [-0.2, -0.15) is 0 Å². The van der Waals surface area contributed by atoms with Gasteiger partial charge >= 0.3 is 0 Å². The second-order valence-electron chi connectivity index (χ2n) is 6.65. The van der Waals surface area contributed by atoms with Crippen LogP contribution in [0.15, 0.2) is 42.5 Å². The van der Waals surface area contributed by atoms with Gasteiger partial charge < -0.3 is 5.32 Å². The van der Waals surface area contributed by atoms with Gasteiger partial charge in [-0.15, -0.1) is 0 Å². The van der Waals surface area contributed by atoms with Crippen molar-refractivity contribution in [3.8, 4) is 0 Å². The van der Waals surface area contributed by atoms with E-state index in [2.05, 4.69) is 5.32 Å². The maximum atomic E-state index is 13.6. The molecular formula is C20H20Cl2FNO. The van der Waals surface area contributed by atoms with Gasteiger partial charge in [0.15, 0.2) is 0 Å². The molecule has 5 heteroatoms. The predicted octanol–water partition coefficient (Wildman–Crippen LogP) is 6.44. The third kappa shape index (κ3) is 4.96. The zero-order valence-corrected chi connectivity index (χ0v) is 15.3. The lowest BCUT2D eigenvalue weighted by Crippen LogP contribution is -2.20. The highest BCUT2D eigenvalue weighted by atomic mass is 35.5. The summed E-state index contributed by atoms with van der Waals surface area (Å²) < 4.78 is 13.6. The lowest BCUT2D eigenvalue weighted by Gasteiger charge is -2.28. The molecule has 1 aliphatic rings. The van der Waals surface area contributed by atoms with Crippen molar-refractivity contribution in [2.75, 3.05) is 5.32 Å². The Balaban J connectivity index is 1.49. The van der Waals surface area contributed by atoms with Crippen LogP contribution in [0.2, 0.25) is 10.0 Å². The minimum atomic E-state index is -0.358. The number of hydrogen-bond acceptors (Lipinski definition) is 1. The van der Waals surface area contributed by atoms with Crippen LogP contribution >= 0.6 is 23.2 Å². The molecule has 0 saturated heterocycles. The van der Waals surface area contributed by atoms with Gasteiger partial charge in [-0.3, -0.25) is 4.79 Å². The summed E-state index contributed by atoms with van der Waals surface area (Å²) in [6, 6.07) is 12.2. The first kappa shape index (κ1) is 18.2. The van der Waals surface area contributed by atoms with E-state index in [1.807, 2.05) is 6.07 Å². The molecule has 0 aliphatic heterocycles. The van der Waals surface area contributed by atoms with Crippen LogP contribution in [-0.2, 0) is 4.79 Å². The van der Waals surface area contributed by atoms with Crippen LogP contribution < -0.4 is 5.32 Å². The van der Waals surface area contributed by atoms with Crippen LogP contribution in [0.4, 0.5) is 10.1 Å². The van der Waals surface area contributed by atoms with E-state index in [-0.39, 0.29) is 16.7 Å². The van der Waals surface area contributed by atoms with Crippen molar-refractivity contribution in [1.82, 2.24) is 0 Å². The molecule has 0 atom stereocenters. The minimum Gasteiger partial charge on any atom is -0.326 e. The molecule has 0 heterocycles. The minimum absolute atomic E-state index is 0.0308. The average Bonchev–Trinajstić information content (AvgIpc) is 2.60. The Labute approximate surface area is 157 Å². The van der Waals surface area contributed by atoms with Crippen LogP contribution in [0, 0.1) is 11.7 Å². The smallest absolute Gasteiger partial charge is 0.224 e. The van der Waals surface area contributed by atoms with Crippen LogP contribution in [0.1, 0.15) is 43.6 Å². The van der Waals surface area contributed by atoms with Crippen LogP contribution in [0.3, 0.4) is 0 Å². The summed E-state index contributed by atoms with van der Waals surface area (Å²) in [6.45, 7) is 0. The Morgan fingerprint density at radius 3 is 2.36 bits per heavy atom. The molecule has 1 saturated carbocycles. The van der Waals surface area contributed by atoms with Gasteiger partial charge in [-0.25, -0.2) is 4.39 Å². The molecule has 0 bridgehead atoms. The summed E-state index contributed by atoms with van der Waals surface area (Å²) in [6.07, 6.45) is 4.41. The molecule has 3 rings (SSSR count). The summed E-state index contributed by atoms with van der Waals surface area (Å²) in [5.74, 6) is 0.398. The van der Waals surface area contributed by atoms with E-state index >= 15 is 0 Å². The van der Waals surface area contributed by atoms with E-state index in [0.717, 1.165) is 36.9 Å². The zero-order valence-electron chi connectivity index (χ0n) is 13.8. The van der Waals surface area contributed by atoms with Gasteiger partial charge in [-0.05, 0) is 79.5 Å². The van der Waals surface area contributed by atoms with Crippen molar-refractivity contribution in [1.29, 1.82) is 0 Å². The molecule has 0 aromatic heterocycles. The number of anilines is 1. The second-order valence-corrected chi connectivity index (χ2v) is 7.49. The summed E-state index contributed by atoms with van der Waals surface area (Å²) >= 11 is 11.6. The Morgan fingerprint density at radius 2 is 1.72 bits per heavy atom. The lowest BCUT2D eigenvalue weighted by atomic mass is 9.77. The van der Waals surface area contributed by atoms with Crippen molar-refractivity contribution in [2.45, 2.75) is 38.0 Å². The molecule has 1 aliphatic carbocycles. The standard InChI is InChI=1S/C20H20Cl2FNO/c21-16-6-8-17(9-7-16)24-20(25)11-13-1-3-14(4-2-13)15-5-10-18(22)19(23)12-15/h5-10,12-14H,1-4,11H2,(H,24,25)/t13-,14-. The monoisotopic (exact) mass is 379 g/mol. The molecule has 25 heavy (non-hydrogen) atoms. The number of benzene rings is 2. The molecule has 0 spiro atoms. The Morgan fingerprint density at radius 1 is 1.04 bits per heavy atom. The van der Waals surface area contributed by atoms with E-state index in [4.69, 9.17) is 23.2 Å². The quantitative estimate of drug-likeness (QED) is 0.650. The maximum Gasteiger partial charge on any atom is 0.224 e. The predicted molar refractivity (Wildman–Crippen MR) is 101 cm³/mol. The molecule has 1 amide bonds. The highest BCUT2D eigenvalue weighted by molar-refractivity contribution is 6.31. The van der Waals surface area contributed by atoms with E-state index in [9.17, 15) is 9.18 Å². The van der Waals surface area contributed by atoms with Gasteiger partial charge in [0.25, 0.3) is 0 Å². The van der Waals surface area contributed by atoms with Gasteiger partial charge in [0.05, 0.1) is 5.02 Å². The molecule has 2 aromatic rings. The number of amides is 1. The lowest BCUT2D eigenvalue weighted by molar-refractivity contribution is -0.117. The summed E-state index contributed by atoms with van der Waals surface area (Å²) in [4.78, 5) is 12.2. The molecule has 1 fully saturated rings. The molecular weight excluding hydrogens is 360 g/mol. The number of carbonyl (C=O) groups excluding carboxylic acids is 1. The highest BCUT2D eigenvalue weighted by Gasteiger charge is 2.24. The van der Waals surface area contributed by atoms with Gasteiger partial charge in [0, 0.05) is 17.1 Å². The Bertz CT molecular complexity index is 740. The first-order chi connectivity index (χ1) is 12.0. The number of carbonyl (C=O) groups is 1. The van der Waals surface area contributed by atoms with E-state index < -0.39 is 0 Å². The van der Waals surface area contributed by atoms with Crippen molar-refractivity contribution in [3.05, 3.63) is 63.9 Å². The van der Waals surface area contributed by atoms with Crippen molar-refractivity contribution < 1.29 is 9.18 Å². The summed E-state index contributed by atoms with van der Waals surface area (Å²) in [5.41, 5.74) is 1.77. The summed E-state index contributed by atoms with van der Waals surface area (Å²) in [7, 11) is 0. The Hall–Kier alpha value is -1.58. The van der Waals surface area contributed by atoms with Crippen LogP contribution in [-0.4, -0.2) is 5.91 Å². The fourth-order valence-electron chi connectivity index (χ4n) is 3.47. The number of halogens is 3. The van der Waals surface area contributed by atoms with Crippen LogP contribution in [0.25, 0.3) is 0 Å². The van der Waals surface area contributed by atoms with Gasteiger partial charge in [0.1, 0.15) is 5.82 Å². The number of nitrogens with one attached hydrogen (secondary N) is 1. The molecule has 2 nitrogen and oxygen atoms in total. The number of rotatable bonds is 4. The summed E-state index contributed by atoms with van der Waals surface area (Å²) in [5, 5.41) is 3.72. The Kier molecular flexibility index (Phi) is 5.98. The first-order valence-corrected chi connectivity index (χ1v) is 9.27. The molecule has 1 N–H and O–H groups in total. The fourth-order valence-corrected chi connectivity index (χ4v) is 3.72. The largest absolute Gasteiger partial charge is 0.326 e. The zero-order chi connectivity index (χ0) is 17.8. The third-order valence-electron chi connectivity index (χ3n) is 4.86. The molecule has 0 unspecified atom stereocenters. The van der Waals surface area contributed by atoms with Gasteiger partial charge in [0.2, 0.25) is 5.91 Å². The third-order valence-corrected chi connectivity index (χ3v) is 5.42. The second kappa shape index (κ2) is 8.20. The highest BCUT2D eigenvalue weighted by Crippen LogP contribution is 2.37. The van der Waals surface area contributed by atoms with Crippen LogP contribution in [0.5, 0.6) is 0 Å².